The minimum Gasteiger partial charge on any atom is -0.493 e. The van der Waals surface area contributed by atoms with Crippen LogP contribution >= 0.6 is 0 Å². The number of nitrogens with two attached hydrogens (primary N) is 1. The Bertz CT molecular complexity index is 498. The van der Waals surface area contributed by atoms with Crippen LogP contribution in [-0.4, -0.2) is 26.2 Å². The third kappa shape index (κ3) is 3.35. The first kappa shape index (κ1) is 14.5. The molecule has 1 saturated carbocycles. The number of carbonyl (C=O) groups is 1. The van der Waals surface area contributed by atoms with E-state index in [1.807, 2.05) is 6.92 Å². The monoisotopic (exact) mass is 278 g/mol. The van der Waals surface area contributed by atoms with E-state index in [0.717, 1.165) is 12.3 Å². The highest BCUT2D eigenvalue weighted by Crippen LogP contribution is 2.34. The maximum Gasteiger partial charge on any atom is 0.253 e. The van der Waals surface area contributed by atoms with Crippen molar-refractivity contribution in [2.45, 2.75) is 32.2 Å². The number of anilines is 1. The zero-order chi connectivity index (χ0) is 14.7. The van der Waals surface area contributed by atoms with E-state index in [1.165, 1.54) is 27.1 Å². The summed E-state index contributed by atoms with van der Waals surface area (Å²) in [5, 5.41) is 2.98. The summed E-state index contributed by atoms with van der Waals surface area (Å²) in [6, 6.07) is 3.38. The van der Waals surface area contributed by atoms with Gasteiger partial charge in [-0.1, -0.05) is 12.8 Å². The van der Waals surface area contributed by atoms with Gasteiger partial charge < -0.3 is 20.5 Å². The molecule has 5 heteroatoms. The Hall–Kier alpha value is -1.91. The van der Waals surface area contributed by atoms with E-state index < -0.39 is 0 Å². The van der Waals surface area contributed by atoms with E-state index in [1.54, 1.807) is 12.1 Å². The lowest BCUT2D eigenvalue weighted by Gasteiger charge is -2.16. The van der Waals surface area contributed by atoms with Gasteiger partial charge in [0.15, 0.2) is 11.5 Å². The fraction of sp³-hybridized carbons (Fsp3) is 0.533. The largest absolute Gasteiger partial charge is 0.493 e. The Morgan fingerprint density at radius 2 is 1.95 bits per heavy atom. The van der Waals surface area contributed by atoms with Crippen LogP contribution in [0.2, 0.25) is 0 Å². The van der Waals surface area contributed by atoms with Gasteiger partial charge in [-0.2, -0.15) is 0 Å². The molecule has 0 saturated heterocycles. The number of rotatable bonds is 6. The third-order valence-electron chi connectivity index (χ3n) is 3.56. The van der Waals surface area contributed by atoms with Crippen molar-refractivity contribution in [3.8, 4) is 11.5 Å². The molecule has 0 heterocycles. The van der Waals surface area contributed by atoms with Gasteiger partial charge in [-0.3, -0.25) is 4.79 Å². The zero-order valence-corrected chi connectivity index (χ0v) is 12.2. The molecule has 0 radical (unpaired) electrons. The molecule has 1 fully saturated rings. The number of methoxy groups -OCH3 is 2. The van der Waals surface area contributed by atoms with Crippen molar-refractivity contribution in [3.63, 3.8) is 0 Å². The molecule has 0 bridgehead atoms. The lowest BCUT2D eigenvalue weighted by Crippen LogP contribution is -2.33. The Morgan fingerprint density at radius 3 is 2.50 bits per heavy atom. The first-order valence-corrected chi connectivity index (χ1v) is 6.87. The van der Waals surface area contributed by atoms with Crippen LogP contribution in [0.3, 0.4) is 0 Å². The second-order valence-electron chi connectivity index (χ2n) is 5.35. The van der Waals surface area contributed by atoms with Crippen molar-refractivity contribution in [2.24, 2.45) is 5.92 Å². The summed E-state index contributed by atoms with van der Waals surface area (Å²) in [5.41, 5.74) is 6.72. The topological polar surface area (TPSA) is 73.6 Å². The highest BCUT2D eigenvalue weighted by molar-refractivity contribution is 6.00. The highest BCUT2D eigenvalue weighted by Gasteiger charge is 2.25. The average molecular weight is 278 g/mol. The zero-order valence-electron chi connectivity index (χ0n) is 12.2. The predicted octanol–water partition coefficient (Wildman–Crippen LogP) is 2.20. The molecule has 1 unspecified atom stereocenters. The molecule has 2 rings (SSSR count). The number of nitrogens with one attached hydrogen (secondary N) is 1. The van der Waals surface area contributed by atoms with Gasteiger partial charge in [0.2, 0.25) is 0 Å². The molecule has 1 aromatic carbocycles. The van der Waals surface area contributed by atoms with Crippen LogP contribution in [0, 0.1) is 5.92 Å². The number of ether oxygens (including phenoxy) is 2. The van der Waals surface area contributed by atoms with Crippen LogP contribution in [0.25, 0.3) is 0 Å². The van der Waals surface area contributed by atoms with Crippen molar-refractivity contribution >= 4 is 11.6 Å². The van der Waals surface area contributed by atoms with Gasteiger partial charge in [0.05, 0.1) is 19.8 Å². The van der Waals surface area contributed by atoms with Crippen molar-refractivity contribution in [1.29, 1.82) is 0 Å². The first-order chi connectivity index (χ1) is 9.55. The minimum absolute atomic E-state index is 0.155. The fourth-order valence-electron chi connectivity index (χ4n) is 2.31. The summed E-state index contributed by atoms with van der Waals surface area (Å²) in [4.78, 5) is 12.3. The van der Waals surface area contributed by atoms with Crippen molar-refractivity contribution < 1.29 is 14.3 Å². The molecule has 0 aliphatic heterocycles. The first-order valence-electron chi connectivity index (χ1n) is 6.87. The van der Waals surface area contributed by atoms with E-state index in [-0.39, 0.29) is 11.9 Å². The number of amides is 1. The summed E-state index contributed by atoms with van der Waals surface area (Å²) in [5.74, 6) is 1.62. The van der Waals surface area contributed by atoms with E-state index in [0.29, 0.717) is 22.7 Å². The van der Waals surface area contributed by atoms with Gasteiger partial charge in [0.1, 0.15) is 0 Å². The number of nitrogen functional groups attached to an aromatic ring is 1. The molecular weight excluding hydrogens is 256 g/mol. The third-order valence-corrected chi connectivity index (χ3v) is 3.56. The molecule has 5 nitrogen and oxygen atoms in total. The van der Waals surface area contributed by atoms with Gasteiger partial charge in [-0.05, 0) is 25.3 Å². The number of hydrogen-bond acceptors (Lipinski definition) is 4. The molecule has 1 aliphatic rings. The van der Waals surface area contributed by atoms with Crippen LogP contribution in [-0.2, 0) is 0 Å². The maximum absolute atomic E-state index is 12.3. The molecule has 0 spiro atoms. The lowest BCUT2D eigenvalue weighted by atomic mass is 10.1. The van der Waals surface area contributed by atoms with Crippen LogP contribution in [0.4, 0.5) is 5.69 Å². The number of benzene rings is 1. The van der Waals surface area contributed by atoms with E-state index in [2.05, 4.69) is 5.32 Å². The van der Waals surface area contributed by atoms with Gasteiger partial charge >= 0.3 is 0 Å². The van der Waals surface area contributed by atoms with Gasteiger partial charge in [-0.15, -0.1) is 0 Å². The number of hydrogen-bond donors (Lipinski definition) is 2. The molecule has 1 atom stereocenters. The standard InChI is InChI=1S/C15H22N2O3/c1-9(6-10-4-5-10)17-15(18)11-7-13(19-2)14(20-3)8-12(11)16/h7-10H,4-6,16H2,1-3H3,(H,17,18). The molecule has 3 N–H and O–H groups in total. The van der Waals surface area contributed by atoms with E-state index >= 15 is 0 Å². The van der Waals surface area contributed by atoms with Gasteiger partial charge in [0.25, 0.3) is 5.91 Å². The summed E-state index contributed by atoms with van der Waals surface area (Å²) < 4.78 is 10.4. The molecule has 1 aromatic rings. The molecule has 1 aliphatic carbocycles. The summed E-state index contributed by atoms with van der Waals surface area (Å²) >= 11 is 0. The summed E-state index contributed by atoms with van der Waals surface area (Å²) in [6.07, 6.45) is 3.58. The van der Waals surface area contributed by atoms with E-state index in [9.17, 15) is 4.79 Å². The fourth-order valence-corrected chi connectivity index (χ4v) is 2.31. The predicted molar refractivity (Wildman–Crippen MR) is 78.2 cm³/mol. The Kier molecular flexibility index (Phi) is 4.37. The summed E-state index contributed by atoms with van der Waals surface area (Å²) in [7, 11) is 3.07. The molecule has 0 aromatic heterocycles. The molecule has 1 amide bonds. The van der Waals surface area contributed by atoms with Crippen molar-refractivity contribution in [3.05, 3.63) is 17.7 Å². The smallest absolute Gasteiger partial charge is 0.253 e. The summed E-state index contributed by atoms with van der Waals surface area (Å²) in [6.45, 7) is 2.02. The van der Waals surface area contributed by atoms with Gasteiger partial charge in [0, 0.05) is 17.8 Å². The molecular formula is C15H22N2O3. The van der Waals surface area contributed by atoms with E-state index in [4.69, 9.17) is 15.2 Å². The molecule has 110 valence electrons. The SMILES string of the molecule is COc1cc(N)c(C(=O)NC(C)CC2CC2)cc1OC. The quantitative estimate of drug-likeness (QED) is 0.782. The second-order valence-corrected chi connectivity index (χ2v) is 5.35. The van der Waals surface area contributed by atoms with Crippen LogP contribution in [0.1, 0.15) is 36.5 Å². The van der Waals surface area contributed by atoms with Gasteiger partial charge in [-0.25, -0.2) is 0 Å². The second kappa shape index (κ2) is 6.03. The van der Waals surface area contributed by atoms with Crippen molar-refractivity contribution in [2.75, 3.05) is 20.0 Å². The number of carbonyl (C=O) groups excluding carboxylic acids is 1. The molecule has 20 heavy (non-hydrogen) atoms. The van der Waals surface area contributed by atoms with Crippen LogP contribution in [0.5, 0.6) is 11.5 Å². The normalized spacial score (nSPS) is 15.6. The van der Waals surface area contributed by atoms with Crippen LogP contribution < -0.4 is 20.5 Å². The van der Waals surface area contributed by atoms with Crippen LogP contribution in [0.15, 0.2) is 12.1 Å². The Labute approximate surface area is 119 Å². The minimum atomic E-state index is -0.170. The maximum atomic E-state index is 12.3. The highest BCUT2D eigenvalue weighted by atomic mass is 16.5. The Morgan fingerprint density at radius 1 is 1.35 bits per heavy atom. The Balaban J connectivity index is 2.11. The van der Waals surface area contributed by atoms with Crippen molar-refractivity contribution in [1.82, 2.24) is 5.32 Å². The average Bonchev–Trinajstić information content (AvgIpc) is 3.21. The lowest BCUT2D eigenvalue weighted by molar-refractivity contribution is 0.0938.